The third-order valence-electron chi connectivity index (χ3n) is 8.08. The molecule has 5 rings (SSSR count). The number of carbonyl (C=O) groups is 4. The fourth-order valence-electron chi connectivity index (χ4n) is 6.06. The van der Waals surface area contributed by atoms with E-state index in [1.54, 1.807) is 73.7 Å². The topological polar surface area (TPSA) is 140 Å². The quantitative estimate of drug-likeness (QED) is 0.262. The minimum absolute atomic E-state index is 0.00898. The van der Waals surface area contributed by atoms with E-state index >= 15 is 0 Å². The summed E-state index contributed by atoms with van der Waals surface area (Å²) < 4.78 is 16.8. The van der Waals surface area contributed by atoms with E-state index in [2.05, 4.69) is 0 Å². The molecule has 11 heteroatoms. The summed E-state index contributed by atoms with van der Waals surface area (Å²) in [5.74, 6) is -5.83. The number of aliphatic carboxylic acids is 2. The molecule has 11 nitrogen and oxygen atoms in total. The Kier molecular flexibility index (Phi) is 8.63. The molecule has 0 amide bonds. The van der Waals surface area contributed by atoms with Crippen LogP contribution < -0.4 is 4.48 Å². The molecular formula is C33H33N2O9+. The summed E-state index contributed by atoms with van der Waals surface area (Å²) in [5, 5.41) is 21.9. The van der Waals surface area contributed by atoms with Crippen molar-refractivity contribution in [3.63, 3.8) is 0 Å². The number of ether oxygens (including phenoxy) is 3. The number of benzene rings is 3. The molecule has 2 heterocycles. The van der Waals surface area contributed by atoms with Crippen LogP contribution in [0.4, 0.5) is 5.69 Å². The summed E-state index contributed by atoms with van der Waals surface area (Å²) in [7, 11) is 1.89. The monoisotopic (exact) mass is 601 g/mol. The van der Waals surface area contributed by atoms with Gasteiger partial charge in [0.2, 0.25) is 0 Å². The first-order valence-electron chi connectivity index (χ1n) is 14.1. The fourth-order valence-corrected chi connectivity index (χ4v) is 6.06. The number of quaternary nitrogens is 1. The van der Waals surface area contributed by atoms with Crippen LogP contribution in [-0.2, 0) is 23.8 Å². The molecule has 228 valence electrons. The highest BCUT2D eigenvalue weighted by Crippen LogP contribution is 2.50. The molecule has 3 aromatic rings. The first-order valence-corrected chi connectivity index (χ1v) is 14.1. The highest BCUT2D eigenvalue weighted by atomic mass is 16.6. The average molecular weight is 602 g/mol. The highest BCUT2D eigenvalue weighted by Gasteiger charge is 2.74. The highest BCUT2D eigenvalue weighted by molar-refractivity contribution is 5.99. The van der Waals surface area contributed by atoms with Crippen molar-refractivity contribution in [1.29, 1.82) is 0 Å². The second-order valence-corrected chi connectivity index (χ2v) is 10.8. The van der Waals surface area contributed by atoms with Gasteiger partial charge in [0.1, 0.15) is 24.0 Å². The van der Waals surface area contributed by atoms with Gasteiger partial charge in [-0.25, -0.2) is 23.7 Å². The number of allylic oxidation sites excluding steroid dienone is 1. The molecule has 0 bridgehead atoms. The molecular weight excluding hydrogens is 568 g/mol. The van der Waals surface area contributed by atoms with Crippen molar-refractivity contribution < 1.29 is 43.6 Å². The van der Waals surface area contributed by atoms with Crippen LogP contribution in [0.2, 0.25) is 0 Å². The van der Waals surface area contributed by atoms with Gasteiger partial charge in [-0.3, -0.25) is 0 Å². The number of esters is 2. The van der Waals surface area contributed by atoms with E-state index in [0.29, 0.717) is 36.6 Å². The SMILES string of the molecule is CC1=Cc2ccccc2[N+]1(CC1CN(C)CCO1)C(OC(=O)c1ccccc1)(C(=O)O)C(OC(=O)c1ccccc1)C(=O)O. The lowest BCUT2D eigenvalue weighted by atomic mass is 9.95. The Morgan fingerprint density at radius 3 is 2.11 bits per heavy atom. The van der Waals surface area contributed by atoms with Crippen molar-refractivity contribution in [3.8, 4) is 0 Å². The van der Waals surface area contributed by atoms with E-state index in [1.165, 1.54) is 24.3 Å². The molecule has 1 saturated heterocycles. The van der Waals surface area contributed by atoms with Crippen LogP contribution in [0.3, 0.4) is 0 Å². The summed E-state index contributed by atoms with van der Waals surface area (Å²) in [6, 6.07) is 22.1. The molecule has 2 aliphatic rings. The second kappa shape index (κ2) is 12.4. The average Bonchev–Trinajstić information content (AvgIpc) is 3.30. The van der Waals surface area contributed by atoms with Crippen LogP contribution in [0.1, 0.15) is 33.2 Å². The van der Waals surface area contributed by atoms with Gasteiger partial charge in [-0.2, -0.15) is 0 Å². The van der Waals surface area contributed by atoms with Gasteiger partial charge in [-0.15, -0.1) is 0 Å². The minimum Gasteiger partial charge on any atom is -0.478 e. The van der Waals surface area contributed by atoms with Crippen LogP contribution in [0, 0.1) is 0 Å². The molecule has 44 heavy (non-hydrogen) atoms. The van der Waals surface area contributed by atoms with E-state index in [0.717, 1.165) is 0 Å². The van der Waals surface area contributed by atoms with Gasteiger partial charge in [-0.1, -0.05) is 48.5 Å². The zero-order chi connectivity index (χ0) is 31.5. The van der Waals surface area contributed by atoms with Gasteiger partial charge in [0.05, 0.1) is 17.7 Å². The number of hydrogen-bond acceptors (Lipinski definition) is 8. The zero-order valence-electron chi connectivity index (χ0n) is 24.3. The van der Waals surface area contributed by atoms with Gasteiger partial charge in [0.25, 0.3) is 0 Å². The molecule has 0 aliphatic carbocycles. The number of carboxylic acids is 2. The zero-order valence-corrected chi connectivity index (χ0v) is 24.3. The Labute approximate surface area is 254 Å². The van der Waals surface area contributed by atoms with Crippen molar-refractivity contribution >= 4 is 35.6 Å². The Bertz CT molecular complexity index is 1590. The largest absolute Gasteiger partial charge is 0.478 e. The molecule has 2 aliphatic heterocycles. The molecule has 4 atom stereocenters. The van der Waals surface area contributed by atoms with Crippen LogP contribution in [0.5, 0.6) is 0 Å². The first-order chi connectivity index (χ1) is 21.1. The number of morpholine rings is 1. The third-order valence-corrected chi connectivity index (χ3v) is 8.08. The van der Waals surface area contributed by atoms with Crippen LogP contribution in [-0.4, -0.2) is 90.2 Å². The Morgan fingerprint density at radius 1 is 0.932 bits per heavy atom. The molecule has 0 spiro atoms. The Morgan fingerprint density at radius 2 is 1.52 bits per heavy atom. The van der Waals surface area contributed by atoms with E-state index in [9.17, 15) is 29.4 Å². The number of carboxylic acid groups (broad SMARTS) is 2. The Balaban J connectivity index is 1.78. The second-order valence-electron chi connectivity index (χ2n) is 10.8. The summed E-state index contributed by atoms with van der Waals surface area (Å²) in [4.78, 5) is 56.3. The summed E-state index contributed by atoms with van der Waals surface area (Å²) in [5.41, 5.74) is -1.77. The summed E-state index contributed by atoms with van der Waals surface area (Å²) >= 11 is 0. The lowest BCUT2D eigenvalue weighted by molar-refractivity contribution is -0.211. The number of likely N-dealkylation sites (N-methyl/N-ethyl adjacent to an activating group) is 1. The maximum atomic E-state index is 13.9. The Hall–Kier alpha value is -4.84. The standard InChI is InChI=1S/C33H32N2O9/c1-22-19-25-15-9-10-16-27(25)35(22,21-26-20-34(2)17-18-42-26)33(32(40)41,44-31(39)24-13-7-4-8-14-24)28(29(36)37)43-30(38)23-11-5-3-6-12-23/h3-16,19,26,28H,17-18,20-21H2,1-2H3,(H-,36,37,40,41)/p+1. The van der Waals surface area contributed by atoms with Crippen molar-refractivity contribution in [3.05, 3.63) is 107 Å². The predicted molar refractivity (Wildman–Crippen MR) is 159 cm³/mol. The van der Waals surface area contributed by atoms with Gasteiger partial charge in [0, 0.05) is 37.7 Å². The van der Waals surface area contributed by atoms with E-state index in [-0.39, 0.29) is 17.7 Å². The van der Waals surface area contributed by atoms with Crippen molar-refractivity contribution in [2.24, 2.45) is 0 Å². The molecule has 0 aromatic heterocycles. The molecule has 0 saturated carbocycles. The lowest BCUT2D eigenvalue weighted by Crippen LogP contribution is -2.78. The van der Waals surface area contributed by atoms with Gasteiger partial charge >= 0.3 is 35.7 Å². The number of hydrogen-bond donors (Lipinski definition) is 2. The van der Waals surface area contributed by atoms with E-state index in [4.69, 9.17) is 14.2 Å². The van der Waals surface area contributed by atoms with E-state index < -0.39 is 46.3 Å². The van der Waals surface area contributed by atoms with Crippen molar-refractivity contribution in [1.82, 2.24) is 9.38 Å². The third kappa shape index (κ3) is 5.37. The summed E-state index contributed by atoms with van der Waals surface area (Å²) in [6.45, 7) is 2.87. The number of fused-ring (bicyclic) bond motifs is 1. The van der Waals surface area contributed by atoms with Crippen LogP contribution in [0.25, 0.3) is 6.08 Å². The molecule has 4 unspecified atom stereocenters. The van der Waals surface area contributed by atoms with Crippen LogP contribution in [0.15, 0.2) is 90.6 Å². The maximum Gasteiger partial charge on any atom is 0.414 e. The van der Waals surface area contributed by atoms with Gasteiger partial charge in [-0.05, 0) is 37.4 Å². The number of nitrogens with zero attached hydrogens (tertiary/aromatic N) is 2. The number of rotatable bonds is 10. The number of carbonyl (C=O) groups excluding carboxylic acids is 2. The summed E-state index contributed by atoms with van der Waals surface area (Å²) in [6.07, 6.45) is -1.40. The fraction of sp³-hybridized carbons (Fsp3) is 0.273. The van der Waals surface area contributed by atoms with Crippen molar-refractivity contribution in [2.45, 2.75) is 24.9 Å². The van der Waals surface area contributed by atoms with Gasteiger partial charge < -0.3 is 29.3 Å². The van der Waals surface area contributed by atoms with Gasteiger partial charge in [0.15, 0.2) is 0 Å². The first kappa shape index (κ1) is 30.6. The predicted octanol–water partition coefficient (Wildman–Crippen LogP) is 3.65. The van der Waals surface area contributed by atoms with Crippen LogP contribution >= 0.6 is 0 Å². The van der Waals surface area contributed by atoms with E-state index in [1.807, 2.05) is 11.9 Å². The normalized spacial score (nSPS) is 21.7. The maximum absolute atomic E-state index is 13.9. The molecule has 3 aromatic carbocycles. The molecule has 2 N–H and O–H groups in total. The van der Waals surface area contributed by atoms with Crippen molar-refractivity contribution in [2.75, 3.05) is 33.3 Å². The molecule has 1 fully saturated rings. The molecule has 0 radical (unpaired) electrons. The number of para-hydroxylation sites is 1. The smallest absolute Gasteiger partial charge is 0.414 e. The minimum atomic E-state index is -3.05. The lowest BCUT2D eigenvalue weighted by Gasteiger charge is -2.50.